The molecule has 146 valence electrons. The largest absolute Gasteiger partial charge is 0.454 e. The van der Waals surface area contributed by atoms with Crippen molar-refractivity contribution < 1.29 is 28.5 Å². The van der Waals surface area contributed by atoms with Crippen LogP contribution in [0.3, 0.4) is 0 Å². The van der Waals surface area contributed by atoms with Crippen LogP contribution >= 0.6 is 0 Å². The first-order valence-electron chi connectivity index (χ1n) is 8.82. The Morgan fingerprint density at radius 2 is 1.96 bits per heavy atom. The van der Waals surface area contributed by atoms with Gasteiger partial charge in [0.2, 0.25) is 6.79 Å². The van der Waals surface area contributed by atoms with Crippen LogP contribution in [0, 0.1) is 0 Å². The molecule has 2 amide bonds. The quantitative estimate of drug-likeness (QED) is 0.556. The van der Waals surface area contributed by atoms with Crippen LogP contribution in [0.1, 0.15) is 5.56 Å². The van der Waals surface area contributed by atoms with Gasteiger partial charge in [-0.15, -0.1) is 0 Å². The van der Waals surface area contributed by atoms with E-state index in [9.17, 15) is 9.59 Å². The summed E-state index contributed by atoms with van der Waals surface area (Å²) in [4.78, 5) is 24.1. The molecule has 0 radical (unpaired) electrons. The van der Waals surface area contributed by atoms with Crippen molar-refractivity contribution in [2.45, 2.75) is 12.2 Å². The third kappa shape index (κ3) is 4.21. The van der Waals surface area contributed by atoms with Crippen molar-refractivity contribution in [1.82, 2.24) is 10.7 Å². The Morgan fingerprint density at radius 3 is 2.86 bits per heavy atom. The summed E-state index contributed by atoms with van der Waals surface area (Å²) in [5, 5.41) is 6.43. The van der Waals surface area contributed by atoms with Crippen LogP contribution in [0.4, 0.5) is 0 Å². The van der Waals surface area contributed by atoms with Gasteiger partial charge in [0.1, 0.15) is 12.2 Å². The van der Waals surface area contributed by atoms with Crippen molar-refractivity contribution in [3.05, 3.63) is 47.6 Å². The summed E-state index contributed by atoms with van der Waals surface area (Å²) in [6, 6.07) is 5.31. The maximum atomic E-state index is 12.2. The van der Waals surface area contributed by atoms with Crippen LogP contribution in [0.5, 0.6) is 11.5 Å². The molecule has 0 spiro atoms. The van der Waals surface area contributed by atoms with Gasteiger partial charge in [-0.2, -0.15) is 5.10 Å². The molecule has 9 nitrogen and oxygen atoms in total. The minimum atomic E-state index is -0.444. The highest BCUT2D eigenvalue weighted by molar-refractivity contribution is 5.98. The van der Waals surface area contributed by atoms with Gasteiger partial charge in [-0.05, 0) is 29.8 Å². The number of hydrogen-bond donors (Lipinski definition) is 2. The monoisotopic (exact) mass is 385 g/mol. The van der Waals surface area contributed by atoms with Crippen LogP contribution in [0.25, 0.3) is 0 Å². The smallest absolute Gasteiger partial charge is 0.259 e. The number of hydrazone groups is 1. The number of carbonyl (C=O) groups excluding carboxylic acids is 2. The lowest BCUT2D eigenvalue weighted by atomic mass is 10.0. The van der Waals surface area contributed by atoms with Gasteiger partial charge in [-0.25, -0.2) is 5.43 Å². The zero-order valence-corrected chi connectivity index (χ0v) is 14.9. The van der Waals surface area contributed by atoms with E-state index in [4.69, 9.17) is 18.9 Å². The van der Waals surface area contributed by atoms with Gasteiger partial charge in [-0.3, -0.25) is 9.59 Å². The van der Waals surface area contributed by atoms with Gasteiger partial charge in [-0.1, -0.05) is 12.2 Å². The molecule has 0 bridgehead atoms. The molecule has 1 saturated heterocycles. The Morgan fingerprint density at radius 1 is 1.14 bits per heavy atom. The lowest BCUT2D eigenvalue weighted by Gasteiger charge is -2.30. The van der Waals surface area contributed by atoms with Gasteiger partial charge >= 0.3 is 0 Å². The summed E-state index contributed by atoms with van der Waals surface area (Å²) in [5.41, 5.74) is 3.54. The average molecular weight is 385 g/mol. The average Bonchev–Trinajstić information content (AvgIpc) is 3.19. The van der Waals surface area contributed by atoms with E-state index in [-0.39, 0.29) is 31.5 Å². The number of nitrogens with one attached hydrogen (secondary N) is 2. The SMILES string of the molecule is O=C(CNC(=O)C1=CC2OCCOC2C=C1)NN=Cc1ccc2c(c1)OCO2. The predicted molar refractivity (Wildman–Crippen MR) is 98.0 cm³/mol. The van der Waals surface area contributed by atoms with E-state index in [1.807, 2.05) is 0 Å². The normalized spacial score (nSPS) is 22.5. The lowest BCUT2D eigenvalue weighted by Crippen LogP contribution is -2.40. The highest BCUT2D eigenvalue weighted by Crippen LogP contribution is 2.31. The van der Waals surface area contributed by atoms with E-state index in [1.54, 1.807) is 36.4 Å². The first-order chi connectivity index (χ1) is 13.7. The number of amides is 2. The number of carbonyl (C=O) groups is 2. The first kappa shape index (κ1) is 18.2. The summed E-state index contributed by atoms with van der Waals surface area (Å²) < 4.78 is 21.6. The summed E-state index contributed by atoms with van der Waals surface area (Å²) in [6.07, 6.45) is 6.19. The fourth-order valence-corrected chi connectivity index (χ4v) is 2.92. The number of fused-ring (bicyclic) bond motifs is 2. The Labute approximate surface area is 161 Å². The topological polar surface area (TPSA) is 107 Å². The standard InChI is InChI=1S/C19H19N3O6/c23-18(22-21-9-12-1-3-15-16(7-12)28-11-27-15)10-20-19(24)13-2-4-14-17(8-13)26-6-5-25-14/h1-4,7-9,14,17H,5-6,10-11H2,(H,20,24)(H,22,23). The Hall–Kier alpha value is -3.17. The second kappa shape index (κ2) is 8.24. The number of benzene rings is 1. The van der Waals surface area contributed by atoms with Crippen molar-refractivity contribution in [3.8, 4) is 11.5 Å². The molecule has 2 atom stereocenters. The zero-order valence-electron chi connectivity index (χ0n) is 14.9. The van der Waals surface area contributed by atoms with Crippen LogP contribution in [-0.2, 0) is 19.1 Å². The van der Waals surface area contributed by atoms with Crippen molar-refractivity contribution in [2.24, 2.45) is 5.10 Å². The summed E-state index contributed by atoms with van der Waals surface area (Å²) in [5.74, 6) is 0.497. The maximum absolute atomic E-state index is 12.2. The van der Waals surface area contributed by atoms with E-state index in [0.717, 1.165) is 5.56 Å². The molecule has 9 heteroatoms. The van der Waals surface area contributed by atoms with Crippen molar-refractivity contribution in [1.29, 1.82) is 0 Å². The summed E-state index contributed by atoms with van der Waals surface area (Å²) in [7, 11) is 0. The fourth-order valence-electron chi connectivity index (χ4n) is 2.92. The Kier molecular flexibility index (Phi) is 5.36. The van der Waals surface area contributed by atoms with E-state index < -0.39 is 5.91 Å². The second-order valence-corrected chi connectivity index (χ2v) is 6.24. The van der Waals surface area contributed by atoms with Crippen LogP contribution < -0.4 is 20.2 Å². The number of hydrogen-bond acceptors (Lipinski definition) is 7. The molecular weight excluding hydrogens is 366 g/mol. The van der Waals surface area contributed by atoms with Crippen molar-refractivity contribution in [2.75, 3.05) is 26.6 Å². The van der Waals surface area contributed by atoms with E-state index in [2.05, 4.69) is 15.8 Å². The lowest BCUT2D eigenvalue weighted by molar-refractivity contribution is -0.124. The van der Waals surface area contributed by atoms with E-state index >= 15 is 0 Å². The van der Waals surface area contributed by atoms with Crippen LogP contribution in [-0.4, -0.2) is 56.8 Å². The van der Waals surface area contributed by atoms with Gasteiger partial charge in [0.05, 0.1) is 26.0 Å². The molecule has 1 fully saturated rings. The highest BCUT2D eigenvalue weighted by Gasteiger charge is 2.27. The Balaban J connectivity index is 1.24. The van der Waals surface area contributed by atoms with Crippen LogP contribution in [0.2, 0.25) is 0 Å². The molecule has 2 aliphatic heterocycles. The molecule has 2 unspecified atom stereocenters. The predicted octanol–water partition coefficient (Wildman–Crippen LogP) is 0.262. The molecular formula is C19H19N3O6. The van der Waals surface area contributed by atoms with Crippen LogP contribution in [0.15, 0.2) is 47.1 Å². The number of rotatable bonds is 5. The first-order valence-corrected chi connectivity index (χ1v) is 8.82. The third-order valence-electron chi connectivity index (χ3n) is 4.31. The highest BCUT2D eigenvalue weighted by atomic mass is 16.7. The molecule has 1 aromatic carbocycles. The molecule has 0 aromatic heterocycles. The third-order valence-corrected chi connectivity index (χ3v) is 4.31. The molecule has 2 N–H and O–H groups in total. The second-order valence-electron chi connectivity index (χ2n) is 6.24. The van der Waals surface area contributed by atoms with Gasteiger partial charge in [0, 0.05) is 5.57 Å². The fraction of sp³-hybridized carbons (Fsp3) is 0.316. The Bertz CT molecular complexity index is 863. The van der Waals surface area contributed by atoms with Crippen molar-refractivity contribution >= 4 is 18.0 Å². The molecule has 28 heavy (non-hydrogen) atoms. The van der Waals surface area contributed by atoms with Gasteiger partial charge in [0.25, 0.3) is 11.8 Å². The number of ether oxygens (including phenoxy) is 4. The molecule has 3 aliphatic rings. The van der Waals surface area contributed by atoms with Gasteiger partial charge < -0.3 is 24.3 Å². The molecule has 1 aromatic rings. The maximum Gasteiger partial charge on any atom is 0.259 e. The molecule has 0 saturated carbocycles. The number of nitrogens with zero attached hydrogens (tertiary/aromatic N) is 1. The van der Waals surface area contributed by atoms with Crippen molar-refractivity contribution in [3.63, 3.8) is 0 Å². The molecule has 2 heterocycles. The minimum Gasteiger partial charge on any atom is -0.454 e. The van der Waals surface area contributed by atoms with E-state index in [0.29, 0.717) is 30.3 Å². The van der Waals surface area contributed by atoms with E-state index in [1.165, 1.54) is 6.21 Å². The summed E-state index contributed by atoms with van der Waals surface area (Å²) >= 11 is 0. The summed E-state index contributed by atoms with van der Waals surface area (Å²) in [6.45, 7) is 1.02. The molecule has 1 aliphatic carbocycles. The minimum absolute atomic E-state index is 0.167. The zero-order chi connectivity index (χ0) is 19.3. The molecule has 4 rings (SSSR count). The van der Waals surface area contributed by atoms with Gasteiger partial charge in [0.15, 0.2) is 11.5 Å².